The van der Waals surface area contributed by atoms with Gasteiger partial charge in [0.2, 0.25) is 0 Å². The third-order valence-corrected chi connectivity index (χ3v) is 4.01. The highest BCUT2D eigenvalue weighted by Gasteiger charge is 2.33. The molecule has 0 atom stereocenters. The van der Waals surface area contributed by atoms with E-state index in [1.54, 1.807) is 6.07 Å². The fourth-order valence-electron chi connectivity index (χ4n) is 2.63. The van der Waals surface area contributed by atoms with Gasteiger partial charge in [-0.1, -0.05) is 12.1 Å². The van der Waals surface area contributed by atoms with Crippen molar-refractivity contribution >= 4 is 0 Å². The first-order valence-electron chi connectivity index (χ1n) is 6.84. The monoisotopic (exact) mass is 267 g/mol. The minimum Gasteiger partial charge on any atom is -0.393 e. The predicted octanol–water partition coefficient (Wildman–Crippen LogP) is 2.22. The summed E-state index contributed by atoms with van der Waals surface area (Å²) in [6, 6.07) is 6.44. The lowest BCUT2D eigenvalue weighted by Gasteiger charge is -2.37. The molecule has 0 spiro atoms. The van der Waals surface area contributed by atoms with Gasteiger partial charge in [0.05, 0.1) is 19.3 Å². The van der Waals surface area contributed by atoms with Crippen LogP contribution < -0.4 is 5.73 Å². The van der Waals surface area contributed by atoms with Gasteiger partial charge in [-0.25, -0.2) is 4.39 Å². The van der Waals surface area contributed by atoms with Crippen LogP contribution in [-0.2, 0) is 11.3 Å². The summed E-state index contributed by atoms with van der Waals surface area (Å²) >= 11 is 0. The quantitative estimate of drug-likeness (QED) is 0.860. The number of halogens is 1. The van der Waals surface area contributed by atoms with Crippen molar-refractivity contribution < 1.29 is 14.2 Å². The summed E-state index contributed by atoms with van der Waals surface area (Å²) in [5.74, 6) is -0.240. The number of nitrogens with two attached hydrogens (primary N) is 1. The molecule has 0 aromatic heterocycles. The number of ether oxygens (including phenoxy) is 1. The smallest absolute Gasteiger partial charge is 0.123 e. The van der Waals surface area contributed by atoms with E-state index in [4.69, 9.17) is 10.5 Å². The molecule has 0 saturated heterocycles. The van der Waals surface area contributed by atoms with Crippen LogP contribution in [-0.4, -0.2) is 24.4 Å². The van der Waals surface area contributed by atoms with E-state index in [-0.39, 0.29) is 17.3 Å². The molecule has 2 rings (SSSR count). The lowest BCUT2D eigenvalue weighted by molar-refractivity contribution is -0.0109. The van der Waals surface area contributed by atoms with Gasteiger partial charge in [-0.3, -0.25) is 0 Å². The second-order valence-electron chi connectivity index (χ2n) is 5.56. The Labute approximate surface area is 113 Å². The minimum absolute atomic E-state index is 0.0213. The third kappa shape index (κ3) is 4.00. The first kappa shape index (κ1) is 14.4. The third-order valence-electron chi connectivity index (χ3n) is 4.01. The normalized spacial score (nSPS) is 27.4. The lowest BCUT2D eigenvalue weighted by atomic mass is 9.74. The van der Waals surface area contributed by atoms with Crippen molar-refractivity contribution in [3.05, 3.63) is 35.6 Å². The Morgan fingerprint density at radius 2 is 2.11 bits per heavy atom. The molecule has 1 aromatic carbocycles. The molecule has 1 fully saturated rings. The minimum atomic E-state index is -0.240. The Bertz CT molecular complexity index is 403. The van der Waals surface area contributed by atoms with Gasteiger partial charge in [0, 0.05) is 12.0 Å². The van der Waals surface area contributed by atoms with E-state index in [0.29, 0.717) is 19.8 Å². The van der Waals surface area contributed by atoms with Crippen molar-refractivity contribution in [3.63, 3.8) is 0 Å². The molecule has 0 heterocycles. The van der Waals surface area contributed by atoms with E-state index in [2.05, 4.69) is 0 Å². The van der Waals surface area contributed by atoms with Gasteiger partial charge in [-0.15, -0.1) is 0 Å². The molecule has 1 aromatic rings. The van der Waals surface area contributed by atoms with Crippen LogP contribution in [0.5, 0.6) is 0 Å². The first-order chi connectivity index (χ1) is 9.13. The van der Waals surface area contributed by atoms with Gasteiger partial charge in [-0.05, 0) is 43.4 Å². The van der Waals surface area contributed by atoms with Crippen LogP contribution in [0.1, 0.15) is 31.2 Å². The molecule has 0 radical (unpaired) electrons. The lowest BCUT2D eigenvalue weighted by Crippen LogP contribution is -2.40. The second-order valence-corrected chi connectivity index (χ2v) is 5.56. The second kappa shape index (κ2) is 6.46. The van der Waals surface area contributed by atoms with Gasteiger partial charge in [0.25, 0.3) is 0 Å². The molecule has 19 heavy (non-hydrogen) atoms. The molecule has 1 aliphatic rings. The topological polar surface area (TPSA) is 55.5 Å². The SMILES string of the molecule is NCC1(COCc2cccc(F)c2)CCC(O)CC1. The molecule has 0 unspecified atom stereocenters. The van der Waals surface area contributed by atoms with Crippen LogP contribution in [0.2, 0.25) is 0 Å². The summed E-state index contributed by atoms with van der Waals surface area (Å²) in [6.07, 6.45) is 3.19. The van der Waals surface area contributed by atoms with Crippen molar-refractivity contribution in [3.8, 4) is 0 Å². The maximum atomic E-state index is 13.0. The Hall–Kier alpha value is -0.970. The number of rotatable bonds is 5. The van der Waals surface area contributed by atoms with Crippen molar-refractivity contribution in [1.29, 1.82) is 0 Å². The van der Waals surface area contributed by atoms with E-state index in [1.807, 2.05) is 6.07 Å². The van der Waals surface area contributed by atoms with E-state index in [0.717, 1.165) is 31.2 Å². The Kier molecular flexibility index (Phi) is 4.91. The van der Waals surface area contributed by atoms with Crippen LogP contribution in [0.3, 0.4) is 0 Å². The number of hydrogen-bond donors (Lipinski definition) is 2. The summed E-state index contributed by atoms with van der Waals surface area (Å²) in [4.78, 5) is 0. The number of hydrogen-bond acceptors (Lipinski definition) is 3. The molecule has 0 amide bonds. The molecular weight excluding hydrogens is 245 g/mol. The largest absolute Gasteiger partial charge is 0.393 e. The van der Waals surface area contributed by atoms with E-state index >= 15 is 0 Å². The van der Waals surface area contributed by atoms with Crippen LogP contribution in [0.4, 0.5) is 4.39 Å². The van der Waals surface area contributed by atoms with Gasteiger partial charge in [-0.2, -0.15) is 0 Å². The standard InChI is InChI=1S/C15H22FNO2/c16-13-3-1-2-12(8-13)9-19-11-15(10-17)6-4-14(18)5-7-15/h1-3,8,14,18H,4-7,9-11,17H2. The zero-order valence-corrected chi connectivity index (χ0v) is 11.1. The highest BCUT2D eigenvalue weighted by molar-refractivity contribution is 5.15. The van der Waals surface area contributed by atoms with Crippen molar-refractivity contribution in [2.24, 2.45) is 11.1 Å². The zero-order chi connectivity index (χ0) is 13.7. The fourth-order valence-corrected chi connectivity index (χ4v) is 2.63. The van der Waals surface area contributed by atoms with E-state index < -0.39 is 0 Å². The maximum Gasteiger partial charge on any atom is 0.123 e. The Morgan fingerprint density at radius 1 is 1.37 bits per heavy atom. The van der Waals surface area contributed by atoms with E-state index in [9.17, 15) is 9.50 Å². The summed E-state index contributed by atoms with van der Waals surface area (Å²) in [5.41, 5.74) is 6.68. The number of aliphatic hydroxyl groups excluding tert-OH is 1. The van der Waals surface area contributed by atoms with Gasteiger partial charge >= 0.3 is 0 Å². The van der Waals surface area contributed by atoms with Crippen LogP contribution in [0.25, 0.3) is 0 Å². The number of benzene rings is 1. The van der Waals surface area contributed by atoms with Gasteiger partial charge < -0.3 is 15.6 Å². The highest BCUT2D eigenvalue weighted by Crippen LogP contribution is 2.35. The Balaban J connectivity index is 1.83. The van der Waals surface area contributed by atoms with Crippen LogP contribution in [0.15, 0.2) is 24.3 Å². The van der Waals surface area contributed by atoms with Gasteiger partial charge in [0.15, 0.2) is 0 Å². The van der Waals surface area contributed by atoms with Gasteiger partial charge in [0.1, 0.15) is 5.82 Å². The van der Waals surface area contributed by atoms with Crippen molar-refractivity contribution in [2.45, 2.75) is 38.4 Å². The molecule has 3 N–H and O–H groups in total. The summed E-state index contributed by atoms with van der Waals surface area (Å²) in [6.45, 7) is 1.55. The molecule has 0 aliphatic heterocycles. The molecule has 3 nitrogen and oxygen atoms in total. The van der Waals surface area contributed by atoms with Crippen molar-refractivity contribution in [1.82, 2.24) is 0 Å². The predicted molar refractivity (Wildman–Crippen MR) is 72.0 cm³/mol. The molecule has 1 aliphatic carbocycles. The average molecular weight is 267 g/mol. The first-order valence-corrected chi connectivity index (χ1v) is 6.84. The number of aliphatic hydroxyl groups is 1. The molecule has 0 bridgehead atoms. The molecule has 1 saturated carbocycles. The van der Waals surface area contributed by atoms with Crippen LogP contribution >= 0.6 is 0 Å². The maximum absolute atomic E-state index is 13.0. The highest BCUT2D eigenvalue weighted by atomic mass is 19.1. The molecular formula is C15H22FNO2. The molecule has 106 valence electrons. The summed E-state index contributed by atoms with van der Waals surface area (Å²) in [5, 5.41) is 9.55. The average Bonchev–Trinajstić information content (AvgIpc) is 2.42. The Morgan fingerprint density at radius 3 is 2.74 bits per heavy atom. The van der Waals surface area contributed by atoms with Crippen molar-refractivity contribution in [2.75, 3.05) is 13.2 Å². The zero-order valence-electron chi connectivity index (χ0n) is 11.1. The molecule has 4 heteroatoms. The summed E-state index contributed by atoms with van der Waals surface area (Å²) in [7, 11) is 0. The summed E-state index contributed by atoms with van der Waals surface area (Å²) < 4.78 is 18.7. The van der Waals surface area contributed by atoms with E-state index in [1.165, 1.54) is 12.1 Å². The van der Waals surface area contributed by atoms with Crippen LogP contribution in [0, 0.1) is 11.2 Å². The fraction of sp³-hybridized carbons (Fsp3) is 0.600.